The Bertz CT molecular complexity index is 833. The Hall–Kier alpha value is -2.50. The molecular formula is C24H32N2O4. The fourth-order valence-corrected chi connectivity index (χ4v) is 4.52. The fourth-order valence-electron chi connectivity index (χ4n) is 4.52. The molecule has 0 N–H and O–H groups in total. The number of ether oxygens (including phenoxy) is 2. The highest BCUT2D eigenvalue weighted by Gasteiger charge is 2.25. The maximum absolute atomic E-state index is 12.5. The van der Waals surface area contributed by atoms with E-state index in [0.717, 1.165) is 48.3 Å². The Labute approximate surface area is 178 Å². The average molecular weight is 413 g/mol. The van der Waals surface area contributed by atoms with Crippen molar-refractivity contribution in [2.45, 2.75) is 83.5 Å². The minimum atomic E-state index is -0.287. The van der Waals surface area contributed by atoms with E-state index >= 15 is 0 Å². The van der Waals surface area contributed by atoms with Crippen molar-refractivity contribution >= 4 is 6.09 Å². The van der Waals surface area contributed by atoms with E-state index in [1.54, 1.807) is 4.90 Å². The van der Waals surface area contributed by atoms with Crippen LogP contribution in [0.4, 0.5) is 4.79 Å². The van der Waals surface area contributed by atoms with Gasteiger partial charge in [-0.1, -0.05) is 24.4 Å². The van der Waals surface area contributed by atoms with Crippen molar-refractivity contribution in [3.8, 4) is 17.1 Å². The summed E-state index contributed by atoms with van der Waals surface area (Å²) < 4.78 is 17.3. The molecule has 1 amide bonds. The van der Waals surface area contributed by atoms with Crippen molar-refractivity contribution < 1.29 is 18.8 Å². The summed E-state index contributed by atoms with van der Waals surface area (Å²) in [5.74, 6) is 1.53. The van der Waals surface area contributed by atoms with E-state index < -0.39 is 0 Å². The topological polar surface area (TPSA) is 64.8 Å². The third-order valence-electron chi connectivity index (χ3n) is 6.46. The molecule has 0 saturated heterocycles. The first-order valence-corrected chi connectivity index (χ1v) is 11.2. The molecule has 1 aromatic carbocycles. The minimum absolute atomic E-state index is 0.154. The van der Waals surface area contributed by atoms with Gasteiger partial charge in [-0.15, -0.1) is 0 Å². The molecule has 1 aromatic heterocycles. The van der Waals surface area contributed by atoms with E-state index in [2.05, 4.69) is 5.16 Å². The van der Waals surface area contributed by atoms with Gasteiger partial charge in [0, 0.05) is 18.7 Å². The molecule has 0 atom stereocenters. The molecule has 1 heterocycles. The lowest BCUT2D eigenvalue weighted by molar-refractivity contribution is 0.0917. The molecule has 6 heteroatoms. The summed E-state index contributed by atoms with van der Waals surface area (Å²) in [4.78, 5) is 14.2. The van der Waals surface area contributed by atoms with Crippen molar-refractivity contribution in [1.29, 1.82) is 0 Å². The van der Waals surface area contributed by atoms with Crippen molar-refractivity contribution in [2.24, 2.45) is 0 Å². The third kappa shape index (κ3) is 4.79. The van der Waals surface area contributed by atoms with Crippen molar-refractivity contribution in [1.82, 2.24) is 10.1 Å². The molecule has 2 aromatic rings. The van der Waals surface area contributed by atoms with Crippen LogP contribution in [0.2, 0.25) is 0 Å². The zero-order valence-corrected chi connectivity index (χ0v) is 18.1. The number of benzene rings is 1. The normalized spacial score (nSPS) is 17.8. The molecule has 4 rings (SSSR count). The van der Waals surface area contributed by atoms with Gasteiger partial charge in [-0.05, 0) is 69.7 Å². The van der Waals surface area contributed by atoms with E-state index in [9.17, 15) is 4.79 Å². The molecule has 0 unspecified atom stereocenters. The number of aromatic nitrogens is 1. The Kier molecular flexibility index (Phi) is 6.60. The number of hydrogen-bond acceptors (Lipinski definition) is 5. The van der Waals surface area contributed by atoms with E-state index in [-0.39, 0.29) is 18.7 Å². The molecule has 30 heavy (non-hydrogen) atoms. The van der Waals surface area contributed by atoms with E-state index in [0.29, 0.717) is 11.9 Å². The van der Waals surface area contributed by atoms with Gasteiger partial charge in [0.25, 0.3) is 0 Å². The Morgan fingerprint density at radius 2 is 1.73 bits per heavy atom. The molecule has 0 radical (unpaired) electrons. The zero-order valence-electron chi connectivity index (χ0n) is 18.1. The predicted octanol–water partition coefficient (Wildman–Crippen LogP) is 5.87. The largest absolute Gasteiger partial charge is 0.490 e. The molecule has 0 spiro atoms. The number of hydrogen-bond donors (Lipinski definition) is 0. The molecule has 6 nitrogen and oxygen atoms in total. The highest BCUT2D eigenvalue weighted by atomic mass is 16.6. The maximum Gasteiger partial charge on any atom is 0.410 e. The van der Waals surface area contributed by atoms with Crippen molar-refractivity contribution in [3.63, 3.8) is 0 Å². The van der Waals surface area contributed by atoms with Crippen LogP contribution in [0.25, 0.3) is 11.3 Å². The van der Waals surface area contributed by atoms with Crippen LogP contribution in [0.1, 0.15) is 69.0 Å². The van der Waals surface area contributed by atoms with Crippen LogP contribution in [0.3, 0.4) is 0 Å². The first-order valence-electron chi connectivity index (χ1n) is 11.2. The van der Waals surface area contributed by atoms with Gasteiger partial charge in [0.05, 0.1) is 17.4 Å². The summed E-state index contributed by atoms with van der Waals surface area (Å²) in [6, 6.07) is 8.20. The second-order valence-corrected chi connectivity index (χ2v) is 8.58. The van der Waals surface area contributed by atoms with Crippen LogP contribution in [0, 0.1) is 6.92 Å². The lowest BCUT2D eigenvalue weighted by Crippen LogP contribution is -2.35. The number of carbonyl (C=O) groups excluding carboxylic acids is 1. The summed E-state index contributed by atoms with van der Waals surface area (Å²) in [5.41, 5.74) is 2.45. The number of aryl methyl sites for hydroxylation is 1. The van der Waals surface area contributed by atoms with Gasteiger partial charge >= 0.3 is 6.09 Å². The Morgan fingerprint density at radius 3 is 2.43 bits per heavy atom. The van der Waals surface area contributed by atoms with Crippen LogP contribution < -0.4 is 4.74 Å². The molecule has 2 aliphatic carbocycles. The Morgan fingerprint density at radius 1 is 1.07 bits per heavy atom. The van der Waals surface area contributed by atoms with Crippen molar-refractivity contribution in [3.05, 3.63) is 35.5 Å². The first kappa shape index (κ1) is 20.8. The highest BCUT2D eigenvalue weighted by molar-refractivity contribution is 5.68. The third-order valence-corrected chi connectivity index (χ3v) is 6.46. The summed E-state index contributed by atoms with van der Waals surface area (Å²) >= 11 is 0. The SMILES string of the molecule is Cc1noc(-c2ccc(OC3CCCCC3)cc2)c1COC(=O)N(C)C1CCCC1. The monoisotopic (exact) mass is 412 g/mol. The lowest BCUT2D eigenvalue weighted by atomic mass is 9.98. The number of amides is 1. The molecule has 2 saturated carbocycles. The average Bonchev–Trinajstić information content (AvgIpc) is 3.43. The van der Waals surface area contributed by atoms with E-state index in [4.69, 9.17) is 14.0 Å². The van der Waals surface area contributed by atoms with Crippen molar-refractivity contribution in [2.75, 3.05) is 7.05 Å². The molecule has 0 aliphatic heterocycles. The quantitative estimate of drug-likeness (QED) is 0.593. The van der Waals surface area contributed by atoms with Gasteiger partial charge in [0.15, 0.2) is 5.76 Å². The van der Waals surface area contributed by atoms with E-state index in [1.807, 2.05) is 38.2 Å². The molecule has 2 fully saturated rings. The van der Waals surface area contributed by atoms with Gasteiger partial charge in [0.1, 0.15) is 12.4 Å². The fraction of sp³-hybridized carbons (Fsp3) is 0.583. The van der Waals surface area contributed by atoms with Gasteiger partial charge in [-0.2, -0.15) is 0 Å². The molecule has 162 valence electrons. The van der Waals surface area contributed by atoms with Crippen LogP contribution in [0.5, 0.6) is 5.75 Å². The highest BCUT2D eigenvalue weighted by Crippen LogP contribution is 2.30. The lowest BCUT2D eigenvalue weighted by Gasteiger charge is -2.23. The van der Waals surface area contributed by atoms with Crippen LogP contribution in [-0.4, -0.2) is 35.3 Å². The van der Waals surface area contributed by atoms with Crippen LogP contribution in [-0.2, 0) is 11.3 Å². The van der Waals surface area contributed by atoms with Gasteiger partial charge < -0.3 is 18.9 Å². The molecular weight excluding hydrogens is 380 g/mol. The summed E-state index contributed by atoms with van der Waals surface area (Å²) in [7, 11) is 1.82. The molecule has 2 aliphatic rings. The summed E-state index contributed by atoms with van der Waals surface area (Å²) in [5, 5.41) is 4.10. The smallest absolute Gasteiger partial charge is 0.410 e. The minimum Gasteiger partial charge on any atom is -0.490 e. The van der Waals surface area contributed by atoms with Gasteiger partial charge in [-0.3, -0.25) is 0 Å². The van der Waals surface area contributed by atoms with Crippen LogP contribution in [0.15, 0.2) is 28.8 Å². The standard InChI is InChI=1S/C24H32N2O4/c1-17-22(16-28-24(27)26(2)19-8-6-7-9-19)23(30-25-17)18-12-14-21(15-13-18)29-20-10-4-3-5-11-20/h12-15,19-20H,3-11,16H2,1-2H3. The number of nitrogens with zero attached hydrogens (tertiary/aromatic N) is 2. The second kappa shape index (κ2) is 9.54. The number of carbonyl (C=O) groups is 1. The maximum atomic E-state index is 12.5. The van der Waals surface area contributed by atoms with E-state index in [1.165, 1.54) is 32.1 Å². The first-order chi connectivity index (χ1) is 14.6. The predicted molar refractivity (Wildman–Crippen MR) is 114 cm³/mol. The van der Waals surface area contributed by atoms with Crippen LogP contribution >= 0.6 is 0 Å². The Balaban J connectivity index is 1.39. The second-order valence-electron chi connectivity index (χ2n) is 8.58. The number of rotatable bonds is 6. The summed E-state index contributed by atoms with van der Waals surface area (Å²) in [6.07, 6.45) is 10.6. The van der Waals surface area contributed by atoms with Gasteiger partial charge in [0.2, 0.25) is 0 Å². The summed E-state index contributed by atoms with van der Waals surface area (Å²) in [6.45, 7) is 2.03. The van der Waals surface area contributed by atoms with Gasteiger partial charge in [-0.25, -0.2) is 4.79 Å². The molecule has 0 bridgehead atoms. The zero-order chi connectivity index (χ0) is 20.9.